The topological polar surface area (TPSA) is 75.7 Å². The van der Waals surface area contributed by atoms with E-state index in [4.69, 9.17) is 4.74 Å². The molecule has 2 atom stereocenters. The van der Waals surface area contributed by atoms with Crippen LogP contribution in [-0.4, -0.2) is 40.3 Å². The molecule has 0 aliphatic heterocycles. The molecule has 168 valence electrons. The van der Waals surface area contributed by atoms with Crippen molar-refractivity contribution in [1.82, 2.24) is 4.90 Å². The second-order valence-electron chi connectivity index (χ2n) is 8.67. The van der Waals surface area contributed by atoms with E-state index in [1.54, 1.807) is 40.8 Å². The van der Waals surface area contributed by atoms with Crippen molar-refractivity contribution in [2.45, 2.75) is 44.8 Å². The number of hydrogen-bond donors (Lipinski definition) is 1. The van der Waals surface area contributed by atoms with E-state index in [0.717, 1.165) is 11.1 Å². The smallest absolute Gasteiger partial charge is 0.410 e. The zero-order valence-electron chi connectivity index (χ0n) is 18.9. The molecule has 0 unspecified atom stereocenters. The molecule has 0 heterocycles. The first-order chi connectivity index (χ1) is 14.5. The number of anilines is 1. The highest BCUT2D eigenvalue weighted by molar-refractivity contribution is 7.83. The van der Waals surface area contributed by atoms with Gasteiger partial charge in [-0.3, -0.25) is 9.00 Å². The van der Waals surface area contributed by atoms with Crippen LogP contribution in [0.25, 0.3) is 0 Å². The van der Waals surface area contributed by atoms with Gasteiger partial charge in [-0.25, -0.2) is 4.79 Å². The molecule has 0 saturated carbocycles. The van der Waals surface area contributed by atoms with Crippen molar-refractivity contribution in [3.63, 3.8) is 0 Å². The van der Waals surface area contributed by atoms with Crippen LogP contribution in [0.2, 0.25) is 0 Å². The summed E-state index contributed by atoms with van der Waals surface area (Å²) in [6.45, 7) is 7.40. The SMILES string of the molecule is C[C@H](CN(C)C(=O)OC(C)(C)C)C(=O)Nc1cccc(C[S@@](=O)Cc2ccccc2)c1. The Morgan fingerprint density at radius 3 is 2.29 bits per heavy atom. The van der Waals surface area contributed by atoms with E-state index in [9.17, 15) is 13.8 Å². The van der Waals surface area contributed by atoms with Gasteiger partial charge in [0.25, 0.3) is 0 Å². The molecule has 0 aliphatic rings. The highest BCUT2D eigenvalue weighted by Crippen LogP contribution is 2.16. The van der Waals surface area contributed by atoms with E-state index in [2.05, 4.69) is 5.32 Å². The molecule has 0 bridgehead atoms. The van der Waals surface area contributed by atoms with Crippen LogP contribution in [0.5, 0.6) is 0 Å². The van der Waals surface area contributed by atoms with E-state index in [1.807, 2.05) is 48.5 Å². The van der Waals surface area contributed by atoms with Crippen LogP contribution < -0.4 is 5.32 Å². The number of amides is 2. The first kappa shape index (κ1) is 24.6. The summed E-state index contributed by atoms with van der Waals surface area (Å²) in [6, 6.07) is 17.1. The summed E-state index contributed by atoms with van der Waals surface area (Å²) in [6.07, 6.45) is -0.463. The number of ether oxygens (including phenoxy) is 1. The molecular weight excluding hydrogens is 412 g/mol. The van der Waals surface area contributed by atoms with Crippen molar-refractivity contribution in [3.8, 4) is 0 Å². The van der Waals surface area contributed by atoms with E-state index in [1.165, 1.54) is 4.90 Å². The van der Waals surface area contributed by atoms with Crippen molar-refractivity contribution in [2.24, 2.45) is 5.92 Å². The van der Waals surface area contributed by atoms with E-state index in [-0.39, 0.29) is 12.5 Å². The molecule has 2 aromatic carbocycles. The zero-order chi connectivity index (χ0) is 23.0. The molecule has 0 saturated heterocycles. The summed E-state index contributed by atoms with van der Waals surface area (Å²) in [5.41, 5.74) is 1.99. The van der Waals surface area contributed by atoms with Crippen molar-refractivity contribution in [1.29, 1.82) is 0 Å². The largest absolute Gasteiger partial charge is 0.444 e. The van der Waals surface area contributed by atoms with E-state index >= 15 is 0 Å². The Labute approximate surface area is 187 Å². The molecule has 0 aliphatic carbocycles. The molecule has 6 nitrogen and oxygen atoms in total. The number of benzene rings is 2. The molecule has 31 heavy (non-hydrogen) atoms. The van der Waals surface area contributed by atoms with E-state index < -0.39 is 28.4 Å². The number of hydrogen-bond acceptors (Lipinski definition) is 4. The summed E-state index contributed by atoms with van der Waals surface area (Å²) in [4.78, 5) is 26.1. The monoisotopic (exact) mass is 444 g/mol. The van der Waals surface area contributed by atoms with Gasteiger partial charge in [0.1, 0.15) is 5.60 Å². The van der Waals surface area contributed by atoms with Crippen LogP contribution in [0.4, 0.5) is 10.5 Å². The summed E-state index contributed by atoms with van der Waals surface area (Å²) >= 11 is 0. The van der Waals surface area contributed by atoms with Gasteiger partial charge in [-0.1, -0.05) is 49.4 Å². The minimum absolute atomic E-state index is 0.196. The second-order valence-corrected chi connectivity index (χ2v) is 10.1. The van der Waals surface area contributed by atoms with Crippen LogP contribution >= 0.6 is 0 Å². The highest BCUT2D eigenvalue weighted by atomic mass is 32.2. The molecule has 1 N–H and O–H groups in total. The van der Waals surface area contributed by atoms with Gasteiger partial charge >= 0.3 is 6.09 Å². The lowest BCUT2D eigenvalue weighted by Crippen LogP contribution is -2.39. The van der Waals surface area contributed by atoms with Crippen LogP contribution in [0.3, 0.4) is 0 Å². The Balaban J connectivity index is 1.90. The molecule has 2 rings (SSSR count). The normalized spacial score (nSPS) is 13.2. The van der Waals surface area contributed by atoms with Gasteiger partial charge in [-0.15, -0.1) is 0 Å². The van der Waals surface area contributed by atoms with Gasteiger partial charge in [0.05, 0.1) is 5.92 Å². The lowest BCUT2D eigenvalue weighted by atomic mass is 10.1. The molecule has 0 spiro atoms. The fourth-order valence-corrected chi connectivity index (χ4v) is 4.13. The predicted octanol–water partition coefficient (Wildman–Crippen LogP) is 4.58. The quantitative estimate of drug-likeness (QED) is 0.647. The number of carbonyl (C=O) groups is 2. The van der Waals surface area contributed by atoms with Crippen LogP contribution in [-0.2, 0) is 31.8 Å². The first-order valence-electron chi connectivity index (χ1n) is 10.3. The van der Waals surface area contributed by atoms with Gasteiger partial charge in [-0.05, 0) is 44.0 Å². The van der Waals surface area contributed by atoms with Crippen molar-refractivity contribution >= 4 is 28.5 Å². The number of nitrogens with zero attached hydrogens (tertiary/aromatic N) is 1. The van der Waals surface area contributed by atoms with Gasteiger partial charge < -0.3 is 15.0 Å². The Morgan fingerprint density at radius 2 is 1.65 bits per heavy atom. The molecular formula is C24H32N2O4S. The summed E-state index contributed by atoms with van der Waals surface area (Å²) in [5.74, 6) is 0.285. The fraction of sp³-hybridized carbons (Fsp3) is 0.417. The Hall–Kier alpha value is -2.67. The average molecular weight is 445 g/mol. The third-order valence-corrected chi connectivity index (χ3v) is 5.70. The van der Waals surface area contributed by atoms with Gasteiger partial charge in [0, 0.05) is 41.6 Å². The van der Waals surface area contributed by atoms with Crippen LogP contribution in [0.15, 0.2) is 54.6 Å². The number of nitrogens with one attached hydrogen (secondary N) is 1. The number of carbonyl (C=O) groups excluding carboxylic acids is 2. The Kier molecular flexibility index (Phi) is 8.80. The van der Waals surface area contributed by atoms with Crippen molar-refractivity contribution < 1.29 is 18.5 Å². The van der Waals surface area contributed by atoms with E-state index in [0.29, 0.717) is 17.2 Å². The molecule has 0 aromatic heterocycles. The first-order valence-corrected chi connectivity index (χ1v) is 11.7. The maximum absolute atomic E-state index is 12.6. The lowest BCUT2D eigenvalue weighted by molar-refractivity contribution is -0.119. The van der Waals surface area contributed by atoms with Gasteiger partial charge in [-0.2, -0.15) is 0 Å². The number of rotatable bonds is 8. The second kappa shape index (κ2) is 11.1. The fourth-order valence-electron chi connectivity index (χ4n) is 2.91. The lowest BCUT2D eigenvalue weighted by Gasteiger charge is -2.26. The molecule has 2 amide bonds. The van der Waals surface area contributed by atoms with Crippen LogP contribution in [0, 0.1) is 5.92 Å². The molecule has 2 aromatic rings. The van der Waals surface area contributed by atoms with Crippen LogP contribution in [0.1, 0.15) is 38.8 Å². The van der Waals surface area contributed by atoms with Gasteiger partial charge in [0.15, 0.2) is 0 Å². The summed E-state index contributed by atoms with van der Waals surface area (Å²) in [7, 11) is 0.567. The zero-order valence-corrected chi connectivity index (χ0v) is 19.7. The molecule has 0 radical (unpaired) electrons. The minimum Gasteiger partial charge on any atom is -0.444 e. The summed E-state index contributed by atoms with van der Waals surface area (Å²) in [5, 5.41) is 2.88. The Morgan fingerprint density at radius 1 is 1.03 bits per heavy atom. The minimum atomic E-state index is -1.04. The van der Waals surface area contributed by atoms with Gasteiger partial charge in [0.2, 0.25) is 5.91 Å². The third-order valence-electron chi connectivity index (χ3n) is 4.39. The predicted molar refractivity (Wildman–Crippen MR) is 125 cm³/mol. The maximum Gasteiger partial charge on any atom is 0.410 e. The average Bonchev–Trinajstić information content (AvgIpc) is 2.67. The Bertz CT molecular complexity index is 909. The molecule has 0 fully saturated rings. The standard InChI is InChI=1S/C24H32N2O4S/c1-18(15-26(5)23(28)30-24(2,3)4)22(27)25-21-13-9-12-20(14-21)17-31(29)16-19-10-7-6-8-11-19/h6-14,18H,15-17H2,1-5H3,(H,25,27)/t18-,31+/m1/s1. The summed E-state index contributed by atoms with van der Waals surface area (Å²) < 4.78 is 17.8. The molecule has 7 heteroatoms. The van der Waals surface area contributed by atoms with Crippen molar-refractivity contribution in [2.75, 3.05) is 18.9 Å². The highest BCUT2D eigenvalue weighted by Gasteiger charge is 2.23. The third kappa shape index (κ3) is 8.92. The van der Waals surface area contributed by atoms with Crippen molar-refractivity contribution in [3.05, 3.63) is 65.7 Å². The maximum atomic E-state index is 12.6.